The van der Waals surface area contributed by atoms with Crippen molar-refractivity contribution < 1.29 is 9.18 Å². The molecule has 2 amide bonds. The normalized spacial score (nSPS) is 16.7. The van der Waals surface area contributed by atoms with E-state index in [2.05, 4.69) is 32.4 Å². The molecule has 2 aromatic rings. The molecule has 8 heteroatoms. The summed E-state index contributed by atoms with van der Waals surface area (Å²) >= 11 is 1.66. The minimum absolute atomic E-state index is 0.0322. The number of nitrogens with one attached hydrogen (secondary N) is 2. The van der Waals surface area contributed by atoms with Crippen LogP contribution in [-0.2, 0) is 0 Å². The summed E-state index contributed by atoms with van der Waals surface area (Å²) in [7, 11) is 0. The lowest BCUT2D eigenvalue weighted by Gasteiger charge is -2.18. The Hall–Kier alpha value is -2.35. The number of aromatic nitrogens is 2. The molecule has 0 aliphatic carbocycles. The molecule has 1 aromatic carbocycles. The lowest BCUT2D eigenvalue weighted by atomic mass is 10.3. The van der Waals surface area contributed by atoms with Crippen LogP contribution in [0.25, 0.3) is 0 Å². The van der Waals surface area contributed by atoms with Crippen molar-refractivity contribution in [3.8, 4) is 0 Å². The Morgan fingerprint density at radius 1 is 1.36 bits per heavy atom. The van der Waals surface area contributed by atoms with Crippen LogP contribution in [0.3, 0.4) is 0 Å². The highest BCUT2D eigenvalue weighted by Crippen LogP contribution is 2.21. The van der Waals surface area contributed by atoms with Gasteiger partial charge >= 0.3 is 6.03 Å². The summed E-state index contributed by atoms with van der Waals surface area (Å²) in [5.74, 6) is 1.45. The molecular weight excluding hydrogens is 341 g/mol. The maximum Gasteiger partial charge on any atom is 0.319 e. The van der Waals surface area contributed by atoms with Gasteiger partial charge in [0.15, 0.2) is 0 Å². The molecule has 1 aliphatic heterocycles. The third kappa shape index (κ3) is 4.82. The zero-order valence-corrected chi connectivity index (χ0v) is 14.7. The first-order valence-corrected chi connectivity index (χ1v) is 9.15. The van der Waals surface area contributed by atoms with Crippen molar-refractivity contribution >= 4 is 29.3 Å². The van der Waals surface area contributed by atoms with Crippen molar-refractivity contribution in [2.45, 2.75) is 24.4 Å². The Balaban J connectivity index is 1.53. The quantitative estimate of drug-likeness (QED) is 0.801. The number of carbonyl (C=O) groups excluding carboxylic acids is 1. The lowest BCUT2D eigenvalue weighted by Crippen LogP contribution is -2.39. The van der Waals surface area contributed by atoms with Crippen molar-refractivity contribution in [2.24, 2.45) is 0 Å². The van der Waals surface area contributed by atoms with E-state index in [0.29, 0.717) is 12.2 Å². The summed E-state index contributed by atoms with van der Waals surface area (Å²) in [6, 6.07) is 5.43. The first kappa shape index (κ1) is 17.5. The molecule has 0 radical (unpaired) electrons. The number of hydrogen-bond acceptors (Lipinski definition) is 5. The average molecular weight is 361 g/mol. The SMILES string of the molecule is CCSc1cncc(N2CCC(NC(=O)Nc3ccc(F)cc3)C2)n1. The minimum Gasteiger partial charge on any atom is -0.353 e. The molecule has 25 heavy (non-hydrogen) atoms. The van der Waals surface area contributed by atoms with E-state index in [1.165, 1.54) is 24.3 Å². The van der Waals surface area contributed by atoms with Gasteiger partial charge in [-0.15, -0.1) is 11.8 Å². The number of hydrogen-bond donors (Lipinski definition) is 2. The van der Waals surface area contributed by atoms with Crippen molar-refractivity contribution in [3.05, 3.63) is 42.5 Å². The van der Waals surface area contributed by atoms with Crippen molar-refractivity contribution in [1.29, 1.82) is 0 Å². The van der Waals surface area contributed by atoms with Crippen molar-refractivity contribution in [2.75, 3.05) is 29.1 Å². The highest BCUT2D eigenvalue weighted by Gasteiger charge is 2.25. The van der Waals surface area contributed by atoms with E-state index in [-0.39, 0.29) is 17.9 Å². The fourth-order valence-corrected chi connectivity index (χ4v) is 3.27. The number of benzene rings is 1. The van der Waals surface area contributed by atoms with E-state index in [0.717, 1.165) is 29.6 Å². The second-order valence-electron chi connectivity index (χ2n) is 5.69. The lowest BCUT2D eigenvalue weighted by molar-refractivity contribution is 0.249. The number of thioether (sulfide) groups is 1. The fourth-order valence-electron chi connectivity index (χ4n) is 2.68. The molecular formula is C17H20FN5OS. The summed E-state index contributed by atoms with van der Waals surface area (Å²) < 4.78 is 12.9. The van der Waals surface area contributed by atoms with E-state index in [4.69, 9.17) is 0 Å². The van der Waals surface area contributed by atoms with Gasteiger partial charge in [0, 0.05) is 24.8 Å². The van der Waals surface area contributed by atoms with E-state index in [1.54, 1.807) is 24.2 Å². The fraction of sp³-hybridized carbons (Fsp3) is 0.353. The monoisotopic (exact) mass is 361 g/mol. The van der Waals surface area contributed by atoms with Gasteiger partial charge in [-0.25, -0.2) is 14.2 Å². The number of halogens is 1. The van der Waals surface area contributed by atoms with Gasteiger partial charge in [0.1, 0.15) is 16.7 Å². The summed E-state index contributed by atoms with van der Waals surface area (Å²) in [5, 5.41) is 6.56. The Kier molecular flexibility index (Phi) is 5.70. The van der Waals surface area contributed by atoms with E-state index < -0.39 is 0 Å². The van der Waals surface area contributed by atoms with Gasteiger partial charge in [-0.3, -0.25) is 4.98 Å². The zero-order valence-electron chi connectivity index (χ0n) is 13.9. The number of rotatable bonds is 5. The first-order valence-electron chi connectivity index (χ1n) is 8.17. The molecule has 2 heterocycles. The van der Waals surface area contributed by atoms with Gasteiger partial charge in [0.05, 0.1) is 12.4 Å². The largest absolute Gasteiger partial charge is 0.353 e. The smallest absolute Gasteiger partial charge is 0.319 e. The highest BCUT2D eigenvalue weighted by molar-refractivity contribution is 7.99. The molecule has 3 rings (SSSR count). The van der Waals surface area contributed by atoms with Gasteiger partial charge in [-0.05, 0) is 36.4 Å². The van der Waals surface area contributed by atoms with Crippen molar-refractivity contribution in [1.82, 2.24) is 15.3 Å². The molecule has 1 aliphatic rings. The molecule has 2 N–H and O–H groups in total. The van der Waals surface area contributed by atoms with Crippen LogP contribution in [0.1, 0.15) is 13.3 Å². The van der Waals surface area contributed by atoms with E-state index in [1.807, 2.05) is 0 Å². The Morgan fingerprint density at radius 3 is 2.92 bits per heavy atom. The molecule has 1 fully saturated rings. The van der Waals surface area contributed by atoms with Gasteiger partial charge in [0.25, 0.3) is 0 Å². The van der Waals surface area contributed by atoms with Crippen LogP contribution < -0.4 is 15.5 Å². The van der Waals surface area contributed by atoms with Gasteiger partial charge in [-0.1, -0.05) is 6.92 Å². The van der Waals surface area contributed by atoms with Crippen LogP contribution in [-0.4, -0.2) is 40.9 Å². The van der Waals surface area contributed by atoms with Gasteiger partial charge in [0.2, 0.25) is 0 Å². The molecule has 0 saturated carbocycles. The Morgan fingerprint density at radius 2 is 2.16 bits per heavy atom. The number of carbonyl (C=O) groups is 1. The van der Waals surface area contributed by atoms with Crippen molar-refractivity contribution in [3.63, 3.8) is 0 Å². The summed E-state index contributed by atoms with van der Waals surface area (Å²) in [6.07, 6.45) is 4.35. The number of anilines is 2. The van der Waals surface area contributed by atoms with Crippen LogP contribution in [0.5, 0.6) is 0 Å². The standard InChI is InChI=1S/C17H20FN5OS/c1-2-25-16-10-19-9-15(22-16)23-8-7-14(11-23)21-17(24)20-13-5-3-12(18)4-6-13/h3-6,9-10,14H,2,7-8,11H2,1H3,(H2,20,21,24). The maximum absolute atomic E-state index is 12.9. The highest BCUT2D eigenvalue weighted by atomic mass is 32.2. The van der Waals surface area contributed by atoms with E-state index >= 15 is 0 Å². The van der Waals surface area contributed by atoms with Gasteiger partial charge < -0.3 is 15.5 Å². The molecule has 1 aromatic heterocycles. The third-order valence-electron chi connectivity index (χ3n) is 3.84. The zero-order chi connectivity index (χ0) is 17.6. The Bertz CT molecular complexity index is 727. The number of amides is 2. The average Bonchev–Trinajstić information content (AvgIpc) is 3.06. The summed E-state index contributed by atoms with van der Waals surface area (Å²) in [6.45, 7) is 3.58. The predicted molar refractivity (Wildman–Crippen MR) is 97.6 cm³/mol. The van der Waals surface area contributed by atoms with Crippen LogP contribution in [0.4, 0.5) is 20.7 Å². The maximum atomic E-state index is 12.9. The molecule has 1 saturated heterocycles. The Labute approximate surface area is 150 Å². The molecule has 1 atom stereocenters. The second kappa shape index (κ2) is 8.15. The molecule has 0 bridgehead atoms. The first-order chi connectivity index (χ1) is 12.1. The number of nitrogens with zero attached hydrogens (tertiary/aromatic N) is 3. The molecule has 132 valence electrons. The second-order valence-corrected chi connectivity index (χ2v) is 6.97. The minimum atomic E-state index is -0.332. The van der Waals surface area contributed by atoms with Gasteiger partial charge in [-0.2, -0.15) is 0 Å². The van der Waals surface area contributed by atoms with Crippen LogP contribution >= 0.6 is 11.8 Å². The summed E-state index contributed by atoms with van der Waals surface area (Å²) in [5.41, 5.74) is 0.559. The molecule has 6 nitrogen and oxygen atoms in total. The molecule has 1 unspecified atom stereocenters. The van der Waals surface area contributed by atoms with Crippen LogP contribution in [0.2, 0.25) is 0 Å². The topological polar surface area (TPSA) is 70.2 Å². The third-order valence-corrected chi connectivity index (χ3v) is 4.62. The predicted octanol–water partition coefficient (Wildman–Crippen LogP) is 3.13. The molecule has 0 spiro atoms. The van der Waals surface area contributed by atoms with Crippen LogP contribution in [0.15, 0.2) is 41.7 Å². The number of urea groups is 1. The van der Waals surface area contributed by atoms with Crippen LogP contribution in [0, 0.1) is 5.82 Å². The summed E-state index contributed by atoms with van der Waals surface area (Å²) in [4.78, 5) is 23.0. The van der Waals surface area contributed by atoms with E-state index in [9.17, 15) is 9.18 Å².